The van der Waals surface area contributed by atoms with Gasteiger partial charge in [-0.25, -0.2) is 18.0 Å². The van der Waals surface area contributed by atoms with Crippen LogP contribution in [0.2, 0.25) is 0 Å². The van der Waals surface area contributed by atoms with Crippen LogP contribution in [0.25, 0.3) is 0 Å². The number of β-lactam (4-membered cyclic amide) rings is 2. The molecule has 4 aliphatic heterocycles. The minimum Gasteiger partial charge on any atom is -0.508 e. The SMILES string of the molecule is CC1(C)SC2C(NC(=O)[C@H](N)c3ccc(O)cc3)C(=O)N2C1C(=O)OCOC(=O)[C@@H]1N2C(=O)C[C@@H]2S(=O)(=O)[C@@]1(C)CCl. The highest BCUT2D eigenvalue weighted by molar-refractivity contribution is 8.01. The summed E-state index contributed by atoms with van der Waals surface area (Å²) in [6.45, 7) is 3.81. The number of sulfone groups is 1. The van der Waals surface area contributed by atoms with Crippen molar-refractivity contribution in [2.75, 3.05) is 12.7 Å². The van der Waals surface area contributed by atoms with Crippen LogP contribution in [0.5, 0.6) is 5.75 Å². The summed E-state index contributed by atoms with van der Waals surface area (Å²) in [4.78, 5) is 66.1. The average molecular weight is 645 g/mol. The summed E-state index contributed by atoms with van der Waals surface area (Å²) in [5.74, 6) is -4.09. The Hall–Kier alpha value is -3.08. The molecule has 4 heterocycles. The van der Waals surface area contributed by atoms with E-state index in [1.807, 2.05) is 0 Å². The van der Waals surface area contributed by atoms with Crippen molar-refractivity contribution >= 4 is 62.9 Å². The normalized spacial score (nSPS) is 32.6. The molecular formula is C25H29ClN4O10S2. The monoisotopic (exact) mass is 644 g/mol. The summed E-state index contributed by atoms with van der Waals surface area (Å²) >= 11 is 7.21. The van der Waals surface area contributed by atoms with E-state index in [9.17, 15) is 37.5 Å². The molecule has 0 aromatic heterocycles. The van der Waals surface area contributed by atoms with E-state index >= 15 is 0 Å². The molecule has 5 rings (SSSR count). The number of phenols is 1. The van der Waals surface area contributed by atoms with Crippen LogP contribution in [-0.2, 0) is 43.3 Å². The first-order valence-corrected chi connectivity index (χ1v) is 15.8. The lowest BCUT2D eigenvalue weighted by molar-refractivity contribution is -0.181. The molecule has 14 nitrogen and oxygen atoms in total. The molecule has 4 fully saturated rings. The lowest BCUT2D eigenvalue weighted by Gasteiger charge is -2.44. The van der Waals surface area contributed by atoms with E-state index in [2.05, 4.69) is 5.32 Å². The smallest absolute Gasteiger partial charge is 0.333 e. The fraction of sp³-hybridized carbons (Fsp3) is 0.560. The Morgan fingerprint density at radius 2 is 1.71 bits per heavy atom. The van der Waals surface area contributed by atoms with Gasteiger partial charge < -0.3 is 35.4 Å². The number of nitrogens with one attached hydrogen (secondary N) is 1. The Bertz CT molecular complexity index is 1470. The van der Waals surface area contributed by atoms with Crippen molar-refractivity contribution in [1.29, 1.82) is 0 Å². The van der Waals surface area contributed by atoms with E-state index in [1.165, 1.54) is 47.9 Å². The first-order chi connectivity index (χ1) is 19.6. The zero-order chi connectivity index (χ0) is 30.9. The van der Waals surface area contributed by atoms with Crippen LogP contribution in [0.4, 0.5) is 0 Å². The largest absolute Gasteiger partial charge is 0.508 e. The molecule has 0 aliphatic carbocycles. The number of rotatable bonds is 8. The second-order valence-electron chi connectivity index (χ2n) is 11.2. The highest BCUT2D eigenvalue weighted by atomic mass is 35.5. The molecule has 0 radical (unpaired) electrons. The number of halogens is 1. The fourth-order valence-corrected chi connectivity index (χ4v) is 10.2. The summed E-state index contributed by atoms with van der Waals surface area (Å²) in [5, 5.41) is 10.3. The van der Waals surface area contributed by atoms with E-state index in [1.54, 1.807) is 13.8 Å². The van der Waals surface area contributed by atoms with Gasteiger partial charge in [0.2, 0.25) is 24.5 Å². The lowest BCUT2D eigenvalue weighted by Crippen LogP contribution is -2.71. The van der Waals surface area contributed by atoms with Crippen molar-refractivity contribution in [2.45, 2.75) is 71.6 Å². The van der Waals surface area contributed by atoms with Gasteiger partial charge >= 0.3 is 11.9 Å². The van der Waals surface area contributed by atoms with E-state index in [-0.39, 0.29) is 12.2 Å². The first-order valence-electron chi connectivity index (χ1n) is 12.9. The predicted molar refractivity (Wildman–Crippen MR) is 147 cm³/mol. The summed E-state index contributed by atoms with van der Waals surface area (Å²) in [7, 11) is -3.95. The maximum absolute atomic E-state index is 13.1. The number of hydrogen-bond acceptors (Lipinski definition) is 12. The van der Waals surface area contributed by atoms with Crippen molar-refractivity contribution in [3.63, 3.8) is 0 Å². The van der Waals surface area contributed by atoms with Crippen LogP contribution < -0.4 is 11.1 Å². The minimum atomic E-state index is -3.95. The van der Waals surface area contributed by atoms with Crippen molar-refractivity contribution < 1.29 is 47.0 Å². The number of hydrogen-bond donors (Lipinski definition) is 3. The molecule has 228 valence electrons. The van der Waals surface area contributed by atoms with Crippen LogP contribution in [0.1, 0.15) is 38.8 Å². The third-order valence-corrected chi connectivity index (χ3v) is 13.3. The number of nitrogens with zero attached hydrogens (tertiary/aromatic N) is 2. The Morgan fingerprint density at radius 3 is 2.29 bits per heavy atom. The van der Waals surface area contributed by atoms with Gasteiger partial charge in [-0.1, -0.05) is 12.1 Å². The van der Waals surface area contributed by atoms with Gasteiger partial charge in [-0.3, -0.25) is 14.4 Å². The number of aromatic hydroxyl groups is 1. The van der Waals surface area contributed by atoms with E-state index in [4.69, 9.17) is 26.8 Å². The summed E-state index contributed by atoms with van der Waals surface area (Å²) in [6.07, 6.45) is -0.253. The molecule has 4 N–H and O–H groups in total. The number of nitrogens with two attached hydrogens (primary N) is 1. The lowest BCUT2D eigenvalue weighted by atomic mass is 9.95. The first kappa shape index (κ1) is 30.4. The summed E-state index contributed by atoms with van der Waals surface area (Å²) < 4.78 is 33.3. The molecule has 0 spiro atoms. The van der Waals surface area contributed by atoms with Crippen LogP contribution >= 0.6 is 23.4 Å². The zero-order valence-corrected chi connectivity index (χ0v) is 25.1. The Morgan fingerprint density at radius 1 is 1.12 bits per heavy atom. The predicted octanol–water partition coefficient (Wildman–Crippen LogP) is -0.664. The number of benzene rings is 1. The van der Waals surface area contributed by atoms with Gasteiger partial charge in [-0.15, -0.1) is 23.4 Å². The molecule has 1 aromatic carbocycles. The number of carbonyl (C=O) groups is 5. The van der Waals surface area contributed by atoms with Crippen LogP contribution in [0, 0.1) is 0 Å². The molecule has 7 atom stereocenters. The molecule has 3 unspecified atom stereocenters. The minimum absolute atomic E-state index is 0.00792. The molecular weight excluding hydrogens is 616 g/mol. The molecule has 17 heteroatoms. The van der Waals surface area contributed by atoms with Gasteiger partial charge in [0, 0.05) is 10.6 Å². The third kappa shape index (κ3) is 4.41. The van der Waals surface area contributed by atoms with Gasteiger partial charge in [0.25, 0.3) is 0 Å². The second-order valence-corrected chi connectivity index (χ2v) is 15.8. The van der Waals surface area contributed by atoms with Gasteiger partial charge in [0.15, 0.2) is 15.9 Å². The number of phenolic OH excluding ortho intramolecular Hbond substituents is 1. The van der Waals surface area contributed by atoms with Gasteiger partial charge in [0.05, 0.1) is 6.42 Å². The standard InChI is InChI=1S/C25H29ClN4O10S2/c1-24(2)17(30-20(34)16(21(30)41-24)28-19(33)15(27)11-4-6-12(31)7-5-11)22(35)39-10-40-23(36)18-25(3,9-26)42(37,38)14-8-13(32)29(14)18/h4-7,14-18,21,31H,8-10,27H2,1-3H3,(H,28,33)/t14-,15+,16?,17?,18-,21?,25-/m0/s1. The molecule has 4 saturated heterocycles. The molecule has 3 amide bonds. The number of amides is 3. The fourth-order valence-electron chi connectivity index (χ4n) is 5.75. The second kappa shape index (κ2) is 10.3. The Labute approximate surface area is 250 Å². The highest BCUT2D eigenvalue weighted by Crippen LogP contribution is 2.51. The van der Waals surface area contributed by atoms with Gasteiger partial charge in [-0.05, 0) is 38.5 Å². The van der Waals surface area contributed by atoms with Crippen LogP contribution in [0.15, 0.2) is 24.3 Å². The summed E-state index contributed by atoms with van der Waals surface area (Å²) in [6, 6.07) is 1.12. The molecule has 0 saturated carbocycles. The van der Waals surface area contributed by atoms with E-state index < -0.39 is 96.6 Å². The van der Waals surface area contributed by atoms with Crippen molar-refractivity contribution in [1.82, 2.24) is 15.1 Å². The van der Waals surface area contributed by atoms with Crippen molar-refractivity contribution in [3.8, 4) is 5.75 Å². The van der Waals surface area contributed by atoms with E-state index in [0.717, 1.165) is 4.90 Å². The number of fused-ring (bicyclic) bond motifs is 2. The Balaban J connectivity index is 1.20. The van der Waals surface area contributed by atoms with Gasteiger partial charge in [0.1, 0.15) is 39.4 Å². The molecule has 1 aromatic rings. The number of alkyl halides is 1. The quantitative estimate of drug-likeness (QED) is 0.140. The molecule has 0 bridgehead atoms. The highest BCUT2D eigenvalue weighted by Gasteiger charge is 2.70. The number of esters is 2. The molecule has 4 aliphatic rings. The average Bonchev–Trinajstić information content (AvgIpc) is 3.27. The molecule has 42 heavy (non-hydrogen) atoms. The van der Waals surface area contributed by atoms with Crippen molar-refractivity contribution in [2.24, 2.45) is 5.73 Å². The topological polar surface area (TPSA) is 203 Å². The Kier molecular flexibility index (Phi) is 7.43. The maximum atomic E-state index is 13.1. The maximum Gasteiger partial charge on any atom is 0.333 e. The number of carbonyl (C=O) groups excluding carboxylic acids is 5. The van der Waals surface area contributed by atoms with Gasteiger partial charge in [-0.2, -0.15) is 0 Å². The van der Waals surface area contributed by atoms with Crippen LogP contribution in [0.3, 0.4) is 0 Å². The summed E-state index contributed by atoms with van der Waals surface area (Å²) in [5.41, 5.74) is 6.45. The zero-order valence-electron chi connectivity index (χ0n) is 22.7. The third-order valence-electron chi connectivity index (χ3n) is 8.20. The number of ether oxygens (including phenoxy) is 2. The van der Waals surface area contributed by atoms with E-state index in [0.29, 0.717) is 5.56 Å². The van der Waals surface area contributed by atoms with Crippen molar-refractivity contribution in [3.05, 3.63) is 29.8 Å². The van der Waals surface area contributed by atoms with Crippen LogP contribution in [-0.4, -0.2) is 104 Å². The number of thioether (sulfide) groups is 1.